The lowest BCUT2D eigenvalue weighted by atomic mass is 10.2. The molecule has 1 saturated heterocycles. The normalized spacial score (nSPS) is 23.4. The summed E-state index contributed by atoms with van der Waals surface area (Å²) in [7, 11) is 0. The zero-order valence-electron chi connectivity index (χ0n) is 11.4. The molecule has 0 amide bonds. The van der Waals surface area contributed by atoms with Crippen LogP contribution in [-0.2, 0) is 4.74 Å². The predicted octanol–water partition coefficient (Wildman–Crippen LogP) is 2.25. The molecular formula is C13H20BrN3O2. The third-order valence-corrected chi connectivity index (χ3v) is 3.78. The average Bonchev–Trinajstić information content (AvgIpc) is 2.46. The maximum Gasteiger partial charge on any atom is 0.218 e. The predicted molar refractivity (Wildman–Crippen MR) is 78.2 cm³/mol. The van der Waals surface area contributed by atoms with Crippen molar-refractivity contribution in [3.63, 3.8) is 0 Å². The van der Waals surface area contributed by atoms with Crippen molar-refractivity contribution >= 4 is 21.7 Å². The van der Waals surface area contributed by atoms with Crippen molar-refractivity contribution in [3.05, 3.63) is 12.4 Å². The Morgan fingerprint density at radius 3 is 3.11 bits per heavy atom. The first-order valence-corrected chi connectivity index (χ1v) is 7.75. The third-order valence-electron chi connectivity index (χ3n) is 3.05. The summed E-state index contributed by atoms with van der Waals surface area (Å²) >= 11 is 3.47. The number of hydrogen-bond donors (Lipinski definition) is 0. The van der Waals surface area contributed by atoms with E-state index < -0.39 is 0 Å². The second kappa shape index (κ2) is 7.05. The molecule has 0 N–H and O–H groups in total. The lowest BCUT2D eigenvalue weighted by Crippen LogP contribution is -2.49. The molecule has 0 radical (unpaired) electrons. The zero-order chi connectivity index (χ0) is 13.7. The molecule has 6 heteroatoms. The van der Waals surface area contributed by atoms with E-state index in [-0.39, 0.29) is 6.10 Å². The van der Waals surface area contributed by atoms with Gasteiger partial charge in [-0.05, 0) is 13.3 Å². The topological polar surface area (TPSA) is 47.5 Å². The standard InChI is InChI=1S/C13H20BrN3O2/c1-3-4-18-13-5-12(15-9-16-13)17-7-11(6-14)19-8-10(17)2/h5,9-11H,3-4,6-8H2,1-2H3. The first-order chi connectivity index (χ1) is 9.24. The largest absolute Gasteiger partial charge is 0.478 e. The number of nitrogens with zero attached hydrogens (tertiary/aromatic N) is 3. The van der Waals surface area contributed by atoms with E-state index >= 15 is 0 Å². The second-order valence-corrected chi connectivity index (χ2v) is 5.32. The number of halogens is 1. The molecule has 0 bridgehead atoms. The summed E-state index contributed by atoms with van der Waals surface area (Å²) in [6.07, 6.45) is 2.73. The maximum atomic E-state index is 5.72. The van der Waals surface area contributed by atoms with Gasteiger partial charge in [0.15, 0.2) is 0 Å². The Morgan fingerprint density at radius 2 is 2.37 bits per heavy atom. The molecule has 2 unspecified atom stereocenters. The summed E-state index contributed by atoms with van der Waals surface area (Å²) in [6, 6.07) is 2.21. The van der Waals surface area contributed by atoms with Crippen LogP contribution in [0.3, 0.4) is 0 Å². The number of anilines is 1. The first kappa shape index (κ1) is 14.5. The Bertz CT molecular complexity index is 405. The minimum Gasteiger partial charge on any atom is -0.478 e. The highest BCUT2D eigenvalue weighted by Gasteiger charge is 2.26. The zero-order valence-corrected chi connectivity index (χ0v) is 13.0. The lowest BCUT2D eigenvalue weighted by molar-refractivity contribution is 0.0376. The molecule has 1 aliphatic heterocycles. The van der Waals surface area contributed by atoms with Crippen LogP contribution in [0.2, 0.25) is 0 Å². The van der Waals surface area contributed by atoms with Gasteiger partial charge in [0, 0.05) is 17.9 Å². The van der Waals surface area contributed by atoms with Gasteiger partial charge in [-0.3, -0.25) is 0 Å². The Hall–Kier alpha value is -0.880. The van der Waals surface area contributed by atoms with E-state index in [9.17, 15) is 0 Å². The molecule has 1 aromatic heterocycles. The highest BCUT2D eigenvalue weighted by molar-refractivity contribution is 9.09. The number of morpholine rings is 1. The molecule has 2 atom stereocenters. The number of ether oxygens (including phenoxy) is 2. The van der Waals surface area contributed by atoms with Gasteiger partial charge in [0.05, 0.1) is 25.4 Å². The second-order valence-electron chi connectivity index (χ2n) is 4.67. The van der Waals surface area contributed by atoms with Crippen LogP contribution in [0.5, 0.6) is 5.88 Å². The fourth-order valence-electron chi connectivity index (χ4n) is 2.00. The van der Waals surface area contributed by atoms with Crippen molar-refractivity contribution in [2.45, 2.75) is 32.4 Å². The molecule has 19 heavy (non-hydrogen) atoms. The van der Waals surface area contributed by atoms with E-state index in [4.69, 9.17) is 9.47 Å². The van der Waals surface area contributed by atoms with E-state index in [0.29, 0.717) is 25.1 Å². The van der Waals surface area contributed by atoms with Crippen LogP contribution in [0.4, 0.5) is 5.82 Å². The van der Waals surface area contributed by atoms with Crippen molar-refractivity contribution < 1.29 is 9.47 Å². The third kappa shape index (κ3) is 3.79. The van der Waals surface area contributed by atoms with E-state index in [0.717, 1.165) is 24.1 Å². The smallest absolute Gasteiger partial charge is 0.218 e. The van der Waals surface area contributed by atoms with Crippen LogP contribution in [0.15, 0.2) is 12.4 Å². The van der Waals surface area contributed by atoms with Gasteiger partial charge in [-0.15, -0.1) is 0 Å². The van der Waals surface area contributed by atoms with Crippen LogP contribution in [0, 0.1) is 0 Å². The molecule has 0 saturated carbocycles. The number of rotatable bonds is 5. The molecule has 1 fully saturated rings. The van der Waals surface area contributed by atoms with Crippen molar-refractivity contribution in [3.8, 4) is 5.88 Å². The van der Waals surface area contributed by atoms with E-state index in [2.05, 4.69) is 44.6 Å². The summed E-state index contributed by atoms with van der Waals surface area (Å²) < 4.78 is 11.3. The van der Waals surface area contributed by atoms with Gasteiger partial charge in [0.2, 0.25) is 5.88 Å². The summed E-state index contributed by atoms with van der Waals surface area (Å²) in [5.74, 6) is 1.55. The SMILES string of the molecule is CCCOc1cc(N2CC(CBr)OCC2C)ncn1. The van der Waals surface area contributed by atoms with Crippen LogP contribution in [0.25, 0.3) is 0 Å². The summed E-state index contributed by atoms with van der Waals surface area (Å²) in [5.41, 5.74) is 0. The minimum atomic E-state index is 0.200. The molecule has 5 nitrogen and oxygen atoms in total. The molecule has 0 aliphatic carbocycles. The van der Waals surface area contributed by atoms with Gasteiger partial charge in [-0.1, -0.05) is 22.9 Å². The van der Waals surface area contributed by atoms with Crippen molar-refractivity contribution in [1.82, 2.24) is 9.97 Å². The summed E-state index contributed by atoms with van der Waals surface area (Å²) in [4.78, 5) is 10.7. The van der Waals surface area contributed by atoms with Crippen molar-refractivity contribution in [2.24, 2.45) is 0 Å². The molecule has 1 aliphatic rings. The number of aromatic nitrogens is 2. The van der Waals surface area contributed by atoms with E-state index in [1.807, 2.05) is 6.07 Å². The summed E-state index contributed by atoms with van der Waals surface area (Å²) in [6.45, 7) is 6.44. The van der Waals surface area contributed by atoms with Crippen LogP contribution < -0.4 is 9.64 Å². The quantitative estimate of drug-likeness (QED) is 0.775. The molecule has 2 heterocycles. The molecule has 106 valence electrons. The fraction of sp³-hybridized carbons (Fsp3) is 0.692. The van der Waals surface area contributed by atoms with Crippen LogP contribution >= 0.6 is 15.9 Å². The molecule has 1 aromatic rings. The van der Waals surface area contributed by atoms with E-state index in [1.54, 1.807) is 6.33 Å². The Labute approximate surface area is 122 Å². The Kier molecular flexibility index (Phi) is 5.39. The van der Waals surface area contributed by atoms with Gasteiger partial charge in [-0.2, -0.15) is 0 Å². The van der Waals surface area contributed by atoms with Crippen LogP contribution in [-0.4, -0.2) is 47.2 Å². The Morgan fingerprint density at radius 1 is 1.53 bits per heavy atom. The molecule has 0 aromatic carbocycles. The maximum absolute atomic E-state index is 5.72. The highest BCUT2D eigenvalue weighted by Crippen LogP contribution is 2.22. The monoisotopic (exact) mass is 329 g/mol. The fourth-order valence-corrected chi connectivity index (χ4v) is 2.39. The van der Waals surface area contributed by atoms with Gasteiger partial charge in [0.25, 0.3) is 0 Å². The van der Waals surface area contributed by atoms with Crippen molar-refractivity contribution in [2.75, 3.05) is 30.0 Å². The number of hydrogen-bond acceptors (Lipinski definition) is 5. The lowest BCUT2D eigenvalue weighted by Gasteiger charge is -2.38. The van der Waals surface area contributed by atoms with Gasteiger partial charge in [-0.25, -0.2) is 9.97 Å². The van der Waals surface area contributed by atoms with Gasteiger partial charge in [0.1, 0.15) is 12.1 Å². The minimum absolute atomic E-state index is 0.200. The highest BCUT2D eigenvalue weighted by atomic mass is 79.9. The van der Waals surface area contributed by atoms with Crippen LogP contribution in [0.1, 0.15) is 20.3 Å². The van der Waals surface area contributed by atoms with E-state index in [1.165, 1.54) is 0 Å². The van der Waals surface area contributed by atoms with Gasteiger partial charge >= 0.3 is 0 Å². The van der Waals surface area contributed by atoms with Crippen molar-refractivity contribution in [1.29, 1.82) is 0 Å². The Balaban J connectivity index is 2.10. The molecule has 2 rings (SSSR count). The summed E-state index contributed by atoms with van der Waals surface area (Å²) in [5, 5.41) is 0.834. The number of alkyl halides is 1. The molecule has 0 spiro atoms. The molecular weight excluding hydrogens is 310 g/mol. The average molecular weight is 330 g/mol. The van der Waals surface area contributed by atoms with Gasteiger partial charge < -0.3 is 14.4 Å². The first-order valence-electron chi connectivity index (χ1n) is 6.63.